The Labute approximate surface area is 92.0 Å². The van der Waals surface area contributed by atoms with E-state index in [0.717, 1.165) is 0 Å². The maximum Gasteiger partial charge on any atom is 0.356 e. The van der Waals surface area contributed by atoms with E-state index in [4.69, 9.17) is 9.94 Å². The van der Waals surface area contributed by atoms with E-state index >= 15 is 0 Å². The number of rotatable bonds is 4. The van der Waals surface area contributed by atoms with E-state index in [1.165, 1.54) is 0 Å². The number of carbonyl (C=O) groups excluding carboxylic acids is 1. The van der Waals surface area contributed by atoms with Crippen molar-refractivity contribution in [2.24, 2.45) is 0 Å². The van der Waals surface area contributed by atoms with E-state index in [2.05, 4.69) is 5.48 Å². The van der Waals surface area contributed by atoms with Gasteiger partial charge >= 0.3 is 11.9 Å². The highest BCUT2D eigenvalue weighted by Crippen LogP contribution is 2.35. The van der Waals surface area contributed by atoms with Gasteiger partial charge in [0.25, 0.3) is 0 Å². The lowest BCUT2D eigenvalue weighted by Crippen LogP contribution is -2.40. The predicted molar refractivity (Wildman–Crippen MR) is 54.6 cm³/mol. The summed E-state index contributed by atoms with van der Waals surface area (Å²) in [4.78, 5) is 27.0. The van der Waals surface area contributed by atoms with Crippen LogP contribution < -0.4 is 5.48 Å². The lowest BCUT2D eigenvalue weighted by molar-refractivity contribution is -0.144. The van der Waals surface area contributed by atoms with Gasteiger partial charge in [-0.15, -0.1) is 5.48 Å². The molecule has 0 saturated heterocycles. The number of hydroxylamine groups is 1. The van der Waals surface area contributed by atoms with Crippen LogP contribution in [-0.4, -0.2) is 22.6 Å². The summed E-state index contributed by atoms with van der Waals surface area (Å²) in [6.45, 7) is 0. The van der Waals surface area contributed by atoms with Crippen LogP contribution >= 0.6 is 0 Å². The molecule has 1 aliphatic rings. The lowest BCUT2D eigenvalue weighted by atomic mass is 10.2. The number of aliphatic carboxylic acids is 1. The van der Waals surface area contributed by atoms with Crippen LogP contribution in [0, 0.1) is 0 Å². The molecular formula is C11H11NO4. The molecule has 2 rings (SSSR count). The van der Waals surface area contributed by atoms with Gasteiger partial charge in [0.15, 0.2) is 5.54 Å². The first-order valence-corrected chi connectivity index (χ1v) is 4.91. The smallest absolute Gasteiger partial charge is 0.356 e. The fraction of sp³-hybridized carbons (Fsp3) is 0.273. The van der Waals surface area contributed by atoms with Gasteiger partial charge in [0, 0.05) is 0 Å². The van der Waals surface area contributed by atoms with Crippen molar-refractivity contribution in [2.75, 3.05) is 0 Å². The van der Waals surface area contributed by atoms with E-state index in [-0.39, 0.29) is 0 Å². The first-order valence-electron chi connectivity index (χ1n) is 4.91. The molecule has 1 aromatic carbocycles. The molecule has 84 valence electrons. The number of hydrogen-bond acceptors (Lipinski definition) is 4. The second kappa shape index (κ2) is 3.94. The van der Waals surface area contributed by atoms with Crippen LogP contribution in [0.1, 0.15) is 23.2 Å². The maximum absolute atomic E-state index is 11.5. The summed E-state index contributed by atoms with van der Waals surface area (Å²) in [6, 6.07) is 8.40. The van der Waals surface area contributed by atoms with Crippen LogP contribution in [0.2, 0.25) is 0 Å². The molecule has 1 aromatic rings. The van der Waals surface area contributed by atoms with Crippen molar-refractivity contribution in [1.82, 2.24) is 5.48 Å². The standard InChI is InChI=1S/C11H11NO4/c13-9(8-4-2-1-3-5-8)16-12-11(6-7-11)10(14)15/h1-5,12H,6-7H2,(H,14,15). The zero-order valence-corrected chi connectivity index (χ0v) is 8.47. The van der Waals surface area contributed by atoms with Crippen LogP contribution in [0.15, 0.2) is 30.3 Å². The maximum atomic E-state index is 11.5. The number of carbonyl (C=O) groups is 2. The third kappa shape index (κ3) is 2.04. The molecule has 0 aliphatic heterocycles. The number of nitrogens with one attached hydrogen (secondary N) is 1. The Balaban J connectivity index is 1.92. The molecule has 0 radical (unpaired) electrons. The quantitative estimate of drug-likeness (QED) is 0.741. The number of hydrogen-bond donors (Lipinski definition) is 2. The molecule has 0 aromatic heterocycles. The van der Waals surface area contributed by atoms with E-state index in [9.17, 15) is 9.59 Å². The highest BCUT2D eigenvalue weighted by molar-refractivity contribution is 5.89. The third-order valence-corrected chi connectivity index (χ3v) is 2.51. The van der Waals surface area contributed by atoms with Crippen LogP contribution in [-0.2, 0) is 9.63 Å². The first kappa shape index (κ1) is 10.6. The van der Waals surface area contributed by atoms with Crippen molar-refractivity contribution in [1.29, 1.82) is 0 Å². The number of carboxylic acid groups (broad SMARTS) is 1. The van der Waals surface area contributed by atoms with E-state index in [1.807, 2.05) is 0 Å². The van der Waals surface area contributed by atoms with Gasteiger partial charge in [0.2, 0.25) is 0 Å². The zero-order valence-electron chi connectivity index (χ0n) is 8.47. The Kier molecular flexibility index (Phi) is 2.62. The molecule has 16 heavy (non-hydrogen) atoms. The highest BCUT2D eigenvalue weighted by atomic mass is 16.7. The predicted octanol–water partition coefficient (Wildman–Crippen LogP) is 0.965. The molecule has 1 saturated carbocycles. The summed E-state index contributed by atoms with van der Waals surface area (Å²) in [6.07, 6.45) is 0.953. The fourth-order valence-electron chi connectivity index (χ4n) is 1.26. The summed E-state index contributed by atoms with van der Waals surface area (Å²) in [5, 5.41) is 8.83. The Morgan fingerprint density at radius 2 is 1.88 bits per heavy atom. The van der Waals surface area contributed by atoms with Gasteiger partial charge in [0.1, 0.15) is 0 Å². The second-order valence-electron chi connectivity index (χ2n) is 3.74. The molecular weight excluding hydrogens is 210 g/mol. The van der Waals surface area contributed by atoms with Gasteiger partial charge in [-0.05, 0) is 25.0 Å². The molecule has 5 heteroatoms. The van der Waals surface area contributed by atoms with Crippen molar-refractivity contribution in [3.05, 3.63) is 35.9 Å². The van der Waals surface area contributed by atoms with Gasteiger partial charge in [0.05, 0.1) is 5.56 Å². The summed E-state index contributed by atoms with van der Waals surface area (Å²) >= 11 is 0. The summed E-state index contributed by atoms with van der Waals surface area (Å²) in [5.41, 5.74) is 1.64. The highest BCUT2D eigenvalue weighted by Gasteiger charge is 2.52. The van der Waals surface area contributed by atoms with Gasteiger partial charge in [-0.25, -0.2) is 4.79 Å². The molecule has 1 fully saturated rings. The van der Waals surface area contributed by atoms with E-state index in [1.54, 1.807) is 30.3 Å². The minimum Gasteiger partial charge on any atom is -0.480 e. The molecule has 1 aliphatic carbocycles. The number of carboxylic acids is 1. The molecule has 2 N–H and O–H groups in total. The van der Waals surface area contributed by atoms with Crippen molar-refractivity contribution in [3.8, 4) is 0 Å². The Morgan fingerprint density at radius 1 is 1.25 bits per heavy atom. The third-order valence-electron chi connectivity index (χ3n) is 2.51. The van der Waals surface area contributed by atoms with Crippen LogP contribution in [0.3, 0.4) is 0 Å². The average molecular weight is 221 g/mol. The van der Waals surface area contributed by atoms with Crippen molar-refractivity contribution in [3.63, 3.8) is 0 Å². The van der Waals surface area contributed by atoms with Crippen LogP contribution in [0.4, 0.5) is 0 Å². The summed E-state index contributed by atoms with van der Waals surface area (Å²) in [7, 11) is 0. The Bertz CT molecular complexity index is 411. The van der Waals surface area contributed by atoms with Crippen LogP contribution in [0.25, 0.3) is 0 Å². The fourth-order valence-corrected chi connectivity index (χ4v) is 1.26. The van der Waals surface area contributed by atoms with Gasteiger partial charge < -0.3 is 9.94 Å². The normalized spacial score (nSPS) is 16.5. The Morgan fingerprint density at radius 3 is 2.38 bits per heavy atom. The van der Waals surface area contributed by atoms with Crippen LogP contribution in [0.5, 0.6) is 0 Å². The van der Waals surface area contributed by atoms with Crippen molar-refractivity contribution >= 4 is 11.9 Å². The molecule has 5 nitrogen and oxygen atoms in total. The molecule has 0 bridgehead atoms. The second-order valence-corrected chi connectivity index (χ2v) is 3.74. The van der Waals surface area contributed by atoms with Gasteiger partial charge in [-0.2, -0.15) is 0 Å². The van der Waals surface area contributed by atoms with E-state index < -0.39 is 17.5 Å². The van der Waals surface area contributed by atoms with Gasteiger partial charge in [-0.3, -0.25) is 4.79 Å². The summed E-state index contributed by atoms with van der Waals surface area (Å²) in [5.74, 6) is -1.57. The van der Waals surface area contributed by atoms with Crippen molar-refractivity contribution < 1.29 is 19.5 Å². The van der Waals surface area contributed by atoms with Crippen molar-refractivity contribution in [2.45, 2.75) is 18.4 Å². The zero-order chi connectivity index (χ0) is 11.6. The molecule has 0 spiro atoms. The average Bonchev–Trinajstić information content (AvgIpc) is 3.08. The first-order chi connectivity index (χ1) is 7.64. The monoisotopic (exact) mass is 221 g/mol. The minimum atomic E-state index is -1.07. The Hall–Kier alpha value is -1.88. The van der Waals surface area contributed by atoms with Gasteiger partial charge in [-0.1, -0.05) is 18.2 Å². The topological polar surface area (TPSA) is 75.6 Å². The lowest BCUT2D eigenvalue weighted by Gasteiger charge is -2.11. The molecule has 0 amide bonds. The molecule has 0 atom stereocenters. The summed E-state index contributed by atoms with van der Waals surface area (Å²) < 4.78 is 0. The molecule has 0 unspecified atom stereocenters. The van der Waals surface area contributed by atoms with E-state index in [0.29, 0.717) is 18.4 Å². The largest absolute Gasteiger partial charge is 0.480 e. The minimum absolute atomic E-state index is 0.385. The SMILES string of the molecule is O=C(ONC1(C(=O)O)CC1)c1ccccc1. The number of benzene rings is 1. The molecule has 0 heterocycles.